The van der Waals surface area contributed by atoms with Gasteiger partial charge in [-0.1, -0.05) is 19.9 Å². The monoisotopic (exact) mass is 357 g/mol. The number of hydrogen-bond acceptors (Lipinski definition) is 4. The molecule has 2 atom stereocenters. The maximum absolute atomic E-state index is 12.9. The zero-order chi connectivity index (χ0) is 17.6. The Morgan fingerprint density at radius 3 is 2.96 bits per heavy atom. The van der Waals surface area contributed by atoms with Gasteiger partial charge in [0.05, 0.1) is 5.01 Å². The highest BCUT2D eigenvalue weighted by Gasteiger charge is 2.36. The van der Waals surface area contributed by atoms with Gasteiger partial charge in [-0.15, -0.1) is 11.3 Å². The zero-order valence-corrected chi connectivity index (χ0v) is 15.5. The van der Waals surface area contributed by atoms with Gasteiger partial charge in [0, 0.05) is 49.1 Å². The molecule has 0 aromatic carbocycles. The van der Waals surface area contributed by atoms with Crippen LogP contribution in [0.2, 0.25) is 0 Å². The number of carbonyl (C=O) groups excluding carboxylic acids is 1. The average molecular weight is 357 g/mol. The van der Waals surface area contributed by atoms with Crippen LogP contribution >= 0.6 is 11.3 Å². The van der Waals surface area contributed by atoms with Crippen molar-refractivity contribution in [3.63, 3.8) is 0 Å². The first-order chi connectivity index (χ1) is 12.0. The highest BCUT2D eigenvalue weighted by atomic mass is 32.1. The molecule has 0 N–H and O–H groups in total. The van der Waals surface area contributed by atoms with Crippen LogP contribution in [0.15, 0.2) is 28.4 Å². The van der Waals surface area contributed by atoms with Crippen molar-refractivity contribution in [1.29, 1.82) is 0 Å². The molecule has 2 aliphatic rings. The second-order valence-electron chi connectivity index (χ2n) is 7.63. The lowest BCUT2D eigenvalue weighted by Crippen LogP contribution is -2.49. The van der Waals surface area contributed by atoms with Crippen molar-refractivity contribution < 1.29 is 4.79 Å². The maximum atomic E-state index is 12.9. The van der Waals surface area contributed by atoms with E-state index in [9.17, 15) is 9.59 Å². The van der Waals surface area contributed by atoms with Gasteiger partial charge < -0.3 is 9.47 Å². The van der Waals surface area contributed by atoms with Crippen molar-refractivity contribution in [2.45, 2.75) is 39.2 Å². The summed E-state index contributed by atoms with van der Waals surface area (Å²) >= 11 is 1.58. The summed E-state index contributed by atoms with van der Waals surface area (Å²) in [7, 11) is 0. The molecular weight excluding hydrogens is 334 g/mol. The maximum Gasteiger partial charge on any atom is 0.273 e. The third kappa shape index (κ3) is 3.15. The summed E-state index contributed by atoms with van der Waals surface area (Å²) in [5, 5.41) is 2.93. The Kier molecular flexibility index (Phi) is 4.23. The van der Waals surface area contributed by atoms with E-state index >= 15 is 0 Å². The lowest BCUT2D eigenvalue weighted by atomic mass is 9.83. The van der Waals surface area contributed by atoms with Gasteiger partial charge in [-0.2, -0.15) is 0 Å². The molecular formula is C19H23N3O2S. The Morgan fingerprint density at radius 1 is 1.32 bits per heavy atom. The van der Waals surface area contributed by atoms with Crippen LogP contribution in [-0.2, 0) is 13.0 Å². The van der Waals surface area contributed by atoms with E-state index in [0.717, 1.165) is 23.5 Å². The number of fused-ring (bicyclic) bond motifs is 4. The second kappa shape index (κ2) is 6.41. The lowest BCUT2D eigenvalue weighted by molar-refractivity contribution is 0.0589. The molecule has 2 aromatic heterocycles. The minimum absolute atomic E-state index is 0.0349. The van der Waals surface area contributed by atoms with Crippen LogP contribution in [0, 0.1) is 11.8 Å². The highest BCUT2D eigenvalue weighted by molar-refractivity contribution is 7.09. The summed E-state index contributed by atoms with van der Waals surface area (Å²) in [6.07, 6.45) is 1.97. The van der Waals surface area contributed by atoms with Crippen LogP contribution < -0.4 is 5.56 Å². The quantitative estimate of drug-likeness (QED) is 0.849. The summed E-state index contributed by atoms with van der Waals surface area (Å²) in [5.41, 5.74) is 1.72. The lowest BCUT2D eigenvalue weighted by Gasteiger charge is -2.42. The number of likely N-dealkylation sites (tertiary alicyclic amines) is 1. The molecule has 1 amide bonds. The molecule has 5 nitrogen and oxygen atoms in total. The topological polar surface area (TPSA) is 55.2 Å². The van der Waals surface area contributed by atoms with E-state index in [1.807, 2.05) is 27.0 Å². The number of hydrogen-bond donors (Lipinski definition) is 0. The van der Waals surface area contributed by atoms with E-state index < -0.39 is 0 Å². The number of nitrogens with zero attached hydrogens (tertiary/aromatic N) is 3. The number of thiazole rings is 1. The minimum Gasteiger partial charge on any atom is -0.336 e. The molecule has 0 saturated carbocycles. The molecule has 0 spiro atoms. The van der Waals surface area contributed by atoms with E-state index in [1.54, 1.807) is 17.4 Å². The van der Waals surface area contributed by atoms with Gasteiger partial charge in [0.15, 0.2) is 0 Å². The van der Waals surface area contributed by atoms with Crippen LogP contribution in [0.25, 0.3) is 0 Å². The Morgan fingerprint density at radius 2 is 2.16 bits per heavy atom. The first kappa shape index (κ1) is 16.5. The Balaban J connectivity index is 1.55. The van der Waals surface area contributed by atoms with Gasteiger partial charge in [-0.3, -0.25) is 9.59 Å². The number of pyridine rings is 1. The summed E-state index contributed by atoms with van der Waals surface area (Å²) in [6, 6.07) is 5.48. The van der Waals surface area contributed by atoms with Gasteiger partial charge in [0.2, 0.25) is 0 Å². The molecule has 0 unspecified atom stereocenters. The van der Waals surface area contributed by atoms with E-state index in [0.29, 0.717) is 37.2 Å². The number of amides is 1. The molecule has 1 fully saturated rings. The third-order valence-corrected chi connectivity index (χ3v) is 5.99. The number of aromatic nitrogens is 2. The predicted molar refractivity (Wildman–Crippen MR) is 98.1 cm³/mol. The highest BCUT2D eigenvalue weighted by Crippen LogP contribution is 2.35. The van der Waals surface area contributed by atoms with E-state index in [-0.39, 0.29) is 17.4 Å². The van der Waals surface area contributed by atoms with Crippen LogP contribution in [0.3, 0.4) is 0 Å². The molecule has 2 aliphatic heterocycles. The van der Waals surface area contributed by atoms with Gasteiger partial charge in [0.25, 0.3) is 11.5 Å². The van der Waals surface area contributed by atoms with Crippen LogP contribution in [0.4, 0.5) is 0 Å². The number of piperidine rings is 1. The van der Waals surface area contributed by atoms with Crippen molar-refractivity contribution in [2.75, 3.05) is 13.1 Å². The molecule has 25 heavy (non-hydrogen) atoms. The van der Waals surface area contributed by atoms with Crippen LogP contribution in [-0.4, -0.2) is 33.4 Å². The van der Waals surface area contributed by atoms with Crippen LogP contribution in [0.5, 0.6) is 0 Å². The first-order valence-electron chi connectivity index (χ1n) is 8.94. The van der Waals surface area contributed by atoms with Crippen LogP contribution in [0.1, 0.15) is 47.4 Å². The largest absolute Gasteiger partial charge is 0.336 e. The standard InChI is InChI=1S/C19H23N3O2S/c1-12(2)6-17-20-15(11-25-17)19(24)21-8-13-7-14(10-21)16-4-3-5-18(23)22(16)9-13/h3-5,11-14H,6-10H2,1-2H3/t13-,14+/m0/s1. The molecule has 4 heterocycles. The second-order valence-corrected chi connectivity index (χ2v) is 8.58. The number of carbonyl (C=O) groups is 1. The summed E-state index contributed by atoms with van der Waals surface area (Å²) < 4.78 is 1.89. The third-order valence-electron chi connectivity index (χ3n) is 5.12. The van der Waals surface area contributed by atoms with Crippen molar-refractivity contribution in [3.05, 3.63) is 50.3 Å². The predicted octanol–water partition coefficient (Wildman–Crippen LogP) is 2.76. The van der Waals surface area contributed by atoms with Crippen molar-refractivity contribution in [2.24, 2.45) is 11.8 Å². The summed E-state index contributed by atoms with van der Waals surface area (Å²) in [4.78, 5) is 31.5. The van der Waals surface area contributed by atoms with Crippen molar-refractivity contribution in [1.82, 2.24) is 14.5 Å². The van der Waals surface area contributed by atoms with Gasteiger partial charge in [-0.05, 0) is 24.3 Å². The van der Waals surface area contributed by atoms with Crippen molar-refractivity contribution in [3.8, 4) is 0 Å². The fourth-order valence-corrected chi connectivity index (χ4v) is 5.06. The van der Waals surface area contributed by atoms with Gasteiger partial charge in [0.1, 0.15) is 5.69 Å². The first-order valence-corrected chi connectivity index (χ1v) is 9.82. The molecule has 4 rings (SSSR count). The fraction of sp³-hybridized carbons (Fsp3) is 0.526. The Hall–Kier alpha value is -1.95. The average Bonchev–Trinajstić information content (AvgIpc) is 3.03. The van der Waals surface area contributed by atoms with Gasteiger partial charge in [-0.25, -0.2) is 4.98 Å². The normalized spacial score (nSPS) is 22.1. The molecule has 132 valence electrons. The van der Waals surface area contributed by atoms with Gasteiger partial charge >= 0.3 is 0 Å². The van der Waals surface area contributed by atoms with E-state index in [4.69, 9.17) is 0 Å². The molecule has 1 saturated heterocycles. The van der Waals surface area contributed by atoms with E-state index in [2.05, 4.69) is 18.8 Å². The molecule has 0 aliphatic carbocycles. The molecule has 0 radical (unpaired) electrons. The minimum atomic E-state index is 0.0349. The van der Waals surface area contributed by atoms with E-state index in [1.165, 1.54) is 0 Å². The SMILES string of the molecule is CC(C)Cc1nc(C(=O)N2C[C@@H]3C[C@H](C2)c2cccc(=O)n2C3)cs1. The molecule has 2 aromatic rings. The zero-order valence-electron chi connectivity index (χ0n) is 14.6. The van der Waals surface area contributed by atoms with Crippen molar-refractivity contribution >= 4 is 17.2 Å². The number of rotatable bonds is 3. The summed E-state index contributed by atoms with van der Waals surface area (Å²) in [5.74, 6) is 1.18. The summed E-state index contributed by atoms with van der Waals surface area (Å²) in [6.45, 7) is 6.43. The smallest absolute Gasteiger partial charge is 0.273 e. The fourth-order valence-electron chi connectivity index (χ4n) is 4.08. The Labute approximate surface area is 151 Å². The molecule has 6 heteroatoms. The Bertz CT molecular complexity index is 854. The molecule has 2 bridgehead atoms.